The first kappa shape index (κ1) is 19.4. The highest BCUT2D eigenvalue weighted by atomic mass is 16.5. The van der Waals surface area contributed by atoms with Gasteiger partial charge in [-0.25, -0.2) is 0 Å². The molecular formula is C21H25N3O5. The summed E-state index contributed by atoms with van der Waals surface area (Å²) in [6.07, 6.45) is -0.209. The standard InChI is InChI=1S/C21H25N3O5/c1-12-6-14(29-24-12)9-19(26)16-7-13(25)8-17(16)21(27)23-11-15-10-22-18-4-2-3-5-20(18)28-15/h2-6,13,15-17,22,25H,7-11H2,1H3,(H,23,27)/t13-,15?,16?,17+/m0/s1. The van der Waals surface area contributed by atoms with Gasteiger partial charge in [0.1, 0.15) is 23.4 Å². The number of nitrogens with one attached hydrogen (secondary N) is 2. The summed E-state index contributed by atoms with van der Waals surface area (Å²) >= 11 is 0. The Morgan fingerprint density at radius 3 is 2.86 bits per heavy atom. The van der Waals surface area contributed by atoms with Gasteiger partial charge in [-0.1, -0.05) is 17.3 Å². The average Bonchev–Trinajstić information content (AvgIpc) is 3.31. The Morgan fingerprint density at radius 2 is 2.07 bits per heavy atom. The molecule has 2 aliphatic rings. The van der Waals surface area contributed by atoms with Crippen LogP contribution in [0.2, 0.25) is 0 Å². The van der Waals surface area contributed by atoms with E-state index in [0.717, 1.165) is 11.4 Å². The van der Waals surface area contributed by atoms with Gasteiger partial charge in [0.15, 0.2) is 0 Å². The maximum Gasteiger partial charge on any atom is 0.224 e. The maximum absolute atomic E-state index is 12.8. The van der Waals surface area contributed by atoms with Crippen LogP contribution in [-0.4, -0.2) is 47.3 Å². The Balaban J connectivity index is 1.34. The number of aliphatic hydroxyl groups is 1. The predicted molar refractivity (Wildman–Crippen MR) is 105 cm³/mol. The van der Waals surface area contributed by atoms with E-state index in [0.29, 0.717) is 31.0 Å². The monoisotopic (exact) mass is 399 g/mol. The molecule has 1 saturated carbocycles. The second-order valence-electron chi connectivity index (χ2n) is 7.78. The number of carbonyl (C=O) groups excluding carboxylic acids is 2. The fourth-order valence-corrected chi connectivity index (χ4v) is 4.08. The van der Waals surface area contributed by atoms with Gasteiger partial charge in [-0.15, -0.1) is 0 Å². The highest BCUT2D eigenvalue weighted by Gasteiger charge is 2.42. The number of rotatable bonds is 6. The molecule has 2 aromatic rings. The molecule has 1 aromatic heterocycles. The number of benzene rings is 1. The average molecular weight is 399 g/mol. The number of carbonyl (C=O) groups is 2. The molecule has 29 heavy (non-hydrogen) atoms. The summed E-state index contributed by atoms with van der Waals surface area (Å²) in [5.41, 5.74) is 1.64. The fraction of sp³-hybridized carbons (Fsp3) is 0.476. The van der Waals surface area contributed by atoms with Crippen LogP contribution in [0.3, 0.4) is 0 Å². The number of nitrogens with zero attached hydrogens (tertiary/aromatic N) is 1. The lowest BCUT2D eigenvalue weighted by Crippen LogP contribution is -2.44. The first-order valence-electron chi connectivity index (χ1n) is 9.90. The van der Waals surface area contributed by atoms with Crippen LogP contribution in [0.15, 0.2) is 34.9 Å². The van der Waals surface area contributed by atoms with Crippen LogP contribution in [0, 0.1) is 18.8 Å². The lowest BCUT2D eigenvalue weighted by atomic mass is 9.89. The molecule has 1 fully saturated rings. The van der Waals surface area contributed by atoms with Crippen molar-refractivity contribution in [1.82, 2.24) is 10.5 Å². The van der Waals surface area contributed by atoms with E-state index >= 15 is 0 Å². The van der Waals surface area contributed by atoms with Crippen molar-refractivity contribution in [2.45, 2.75) is 38.4 Å². The molecule has 8 heteroatoms. The van der Waals surface area contributed by atoms with Crippen LogP contribution in [0.5, 0.6) is 5.75 Å². The minimum Gasteiger partial charge on any atom is -0.485 e. The summed E-state index contributed by atoms with van der Waals surface area (Å²) in [6, 6.07) is 9.36. The molecule has 2 unspecified atom stereocenters. The van der Waals surface area contributed by atoms with Crippen molar-refractivity contribution >= 4 is 17.4 Å². The van der Waals surface area contributed by atoms with Gasteiger partial charge in [0, 0.05) is 12.0 Å². The van der Waals surface area contributed by atoms with E-state index in [1.807, 2.05) is 24.3 Å². The Hall–Kier alpha value is -2.87. The molecule has 4 atom stereocenters. The van der Waals surface area contributed by atoms with Crippen molar-refractivity contribution in [3.05, 3.63) is 41.8 Å². The van der Waals surface area contributed by atoms with E-state index in [2.05, 4.69) is 15.8 Å². The fourth-order valence-electron chi connectivity index (χ4n) is 4.08. The van der Waals surface area contributed by atoms with Crippen LogP contribution < -0.4 is 15.4 Å². The summed E-state index contributed by atoms with van der Waals surface area (Å²) in [7, 11) is 0. The van der Waals surface area contributed by atoms with Crippen molar-refractivity contribution in [3.8, 4) is 5.75 Å². The van der Waals surface area contributed by atoms with Crippen molar-refractivity contribution < 1.29 is 24.0 Å². The number of fused-ring (bicyclic) bond motifs is 1. The second kappa shape index (κ2) is 8.24. The molecule has 4 rings (SSSR count). The lowest BCUT2D eigenvalue weighted by molar-refractivity contribution is -0.132. The third kappa shape index (κ3) is 4.42. The molecule has 1 aromatic carbocycles. The molecule has 0 bridgehead atoms. The number of ether oxygens (including phenoxy) is 1. The van der Waals surface area contributed by atoms with Crippen molar-refractivity contribution in [2.75, 3.05) is 18.4 Å². The largest absolute Gasteiger partial charge is 0.485 e. The van der Waals surface area contributed by atoms with E-state index in [1.54, 1.807) is 13.0 Å². The Bertz CT molecular complexity index is 896. The zero-order valence-corrected chi connectivity index (χ0v) is 16.3. The summed E-state index contributed by atoms with van der Waals surface area (Å²) in [5.74, 6) is -0.177. The Morgan fingerprint density at radius 1 is 1.28 bits per heavy atom. The summed E-state index contributed by atoms with van der Waals surface area (Å²) in [5, 5.41) is 20.0. The number of aromatic nitrogens is 1. The normalized spacial score (nSPS) is 25.6. The van der Waals surface area contributed by atoms with Gasteiger partial charge in [-0.05, 0) is 31.9 Å². The molecule has 154 valence electrons. The number of ketones is 1. The Kier molecular flexibility index (Phi) is 5.53. The SMILES string of the molecule is Cc1cc(CC(=O)C2C[C@H](O)C[C@H]2C(=O)NCC2CNc3ccccc3O2)on1. The number of aliphatic hydroxyl groups excluding tert-OH is 1. The van der Waals surface area contributed by atoms with Gasteiger partial charge >= 0.3 is 0 Å². The van der Waals surface area contributed by atoms with Crippen LogP contribution in [0.25, 0.3) is 0 Å². The van der Waals surface area contributed by atoms with Gasteiger partial charge < -0.3 is 25.0 Å². The van der Waals surface area contributed by atoms with Gasteiger partial charge in [0.05, 0.1) is 42.9 Å². The molecule has 2 heterocycles. The van der Waals surface area contributed by atoms with Gasteiger partial charge in [0.25, 0.3) is 0 Å². The zero-order valence-electron chi connectivity index (χ0n) is 16.3. The van der Waals surface area contributed by atoms with Gasteiger partial charge in [-0.2, -0.15) is 0 Å². The number of anilines is 1. The van der Waals surface area contributed by atoms with Crippen LogP contribution in [0.4, 0.5) is 5.69 Å². The number of amides is 1. The molecule has 1 amide bonds. The molecule has 1 aliphatic carbocycles. The summed E-state index contributed by atoms with van der Waals surface area (Å²) < 4.78 is 11.0. The molecule has 0 spiro atoms. The number of aryl methyl sites for hydroxylation is 1. The molecule has 8 nitrogen and oxygen atoms in total. The van der Waals surface area contributed by atoms with Crippen molar-refractivity contribution in [2.24, 2.45) is 11.8 Å². The number of Topliss-reactive ketones (excluding diaryl/α,β-unsaturated/α-hetero) is 1. The number of hydrogen-bond acceptors (Lipinski definition) is 7. The third-order valence-corrected chi connectivity index (χ3v) is 5.52. The summed E-state index contributed by atoms with van der Waals surface area (Å²) in [6.45, 7) is 2.69. The molecular weight excluding hydrogens is 374 g/mol. The molecule has 0 saturated heterocycles. The highest BCUT2D eigenvalue weighted by Crippen LogP contribution is 2.34. The van der Waals surface area contributed by atoms with Crippen LogP contribution in [0.1, 0.15) is 24.3 Å². The van der Waals surface area contributed by atoms with E-state index in [-0.39, 0.29) is 30.6 Å². The quantitative estimate of drug-likeness (QED) is 0.674. The lowest BCUT2D eigenvalue weighted by Gasteiger charge is -2.28. The van der Waals surface area contributed by atoms with E-state index in [4.69, 9.17) is 9.26 Å². The van der Waals surface area contributed by atoms with Crippen LogP contribution in [-0.2, 0) is 16.0 Å². The number of hydrogen-bond donors (Lipinski definition) is 3. The van der Waals surface area contributed by atoms with Gasteiger partial charge in [0.2, 0.25) is 5.91 Å². The van der Waals surface area contributed by atoms with E-state index in [1.165, 1.54) is 0 Å². The molecule has 1 aliphatic heterocycles. The van der Waals surface area contributed by atoms with Crippen molar-refractivity contribution in [1.29, 1.82) is 0 Å². The minimum atomic E-state index is -0.657. The molecule has 3 N–H and O–H groups in total. The Labute approximate surface area is 168 Å². The number of para-hydroxylation sites is 2. The smallest absolute Gasteiger partial charge is 0.224 e. The van der Waals surface area contributed by atoms with E-state index in [9.17, 15) is 14.7 Å². The first-order chi connectivity index (χ1) is 14.0. The van der Waals surface area contributed by atoms with E-state index < -0.39 is 17.9 Å². The molecule has 0 radical (unpaired) electrons. The maximum atomic E-state index is 12.8. The highest BCUT2D eigenvalue weighted by molar-refractivity contribution is 5.90. The van der Waals surface area contributed by atoms with Crippen LogP contribution >= 0.6 is 0 Å². The topological polar surface area (TPSA) is 114 Å². The van der Waals surface area contributed by atoms with Crippen molar-refractivity contribution in [3.63, 3.8) is 0 Å². The summed E-state index contributed by atoms with van der Waals surface area (Å²) in [4.78, 5) is 25.5. The minimum absolute atomic E-state index is 0.0778. The zero-order chi connectivity index (χ0) is 20.4. The second-order valence-corrected chi connectivity index (χ2v) is 7.78. The first-order valence-corrected chi connectivity index (χ1v) is 9.90. The predicted octanol–water partition coefficient (Wildman–Crippen LogP) is 1.47. The van der Waals surface area contributed by atoms with Gasteiger partial charge in [-0.3, -0.25) is 9.59 Å². The third-order valence-electron chi connectivity index (χ3n) is 5.52.